The first-order valence-electron chi connectivity index (χ1n) is 7.77. The number of rotatable bonds is 5. The van der Waals surface area contributed by atoms with Gasteiger partial charge in [-0.1, -0.05) is 42.5 Å². The molecule has 0 saturated heterocycles. The molecule has 0 fully saturated rings. The smallest absolute Gasteiger partial charge is 0.188 e. The van der Waals surface area contributed by atoms with E-state index in [1.54, 1.807) is 0 Å². The Morgan fingerprint density at radius 1 is 1.08 bits per heavy atom. The number of fused-ring (bicyclic) bond motifs is 1. The highest BCUT2D eigenvalue weighted by Crippen LogP contribution is 2.30. The van der Waals surface area contributed by atoms with Crippen molar-refractivity contribution in [1.29, 1.82) is 0 Å². The summed E-state index contributed by atoms with van der Waals surface area (Å²) in [4.78, 5) is 4.33. The van der Waals surface area contributed by atoms with E-state index in [2.05, 4.69) is 22.4 Å². The number of halogens is 1. The van der Waals surface area contributed by atoms with Crippen molar-refractivity contribution < 1.29 is 9.47 Å². The molecule has 0 aromatic heterocycles. The van der Waals surface area contributed by atoms with Crippen LogP contribution in [0.3, 0.4) is 0 Å². The number of ether oxygens (including phenoxy) is 2. The average molecular weight is 439 g/mol. The van der Waals surface area contributed by atoms with Crippen LogP contribution in [0.2, 0.25) is 0 Å². The Morgan fingerprint density at radius 3 is 2.58 bits per heavy atom. The van der Waals surface area contributed by atoms with Gasteiger partial charge in [0.15, 0.2) is 23.6 Å². The standard InChI is InChI=1S/C18H21N3O2.HI/c19-18(20-11-10-14-6-2-1-3-7-14)21-12-15-13-22-16-8-4-5-9-17(16)23-15;/h1-9,15H,10-13H2,(H3,19,20,21);1H. The number of para-hydroxylation sites is 2. The van der Waals surface area contributed by atoms with Crippen LogP contribution in [0.15, 0.2) is 59.6 Å². The maximum atomic E-state index is 5.89. The highest BCUT2D eigenvalue weighted by Gasteiger charge is 2.19. The van der Waals surface area contributed by atoms with Crippen LogP contribution in [0.1, 0.15) is 5.56 Å². The van der Waals surface area contributed by atoms with Crippen molar-refractivity contribution in [3.63, 3.8) is 0 Å². The third-order valence-corrected chi connectivity index (χ3v) is 3.60. The summed E-state index contributed by atoms with van der Waals surface area (Å²) >= 11 is 0. The van der Waals surface area contributed by atoms with Gasteiger partial charge < -0.3 is 20.5 Å². The van der Waals surface area contributed by atoms with E-state index in [9.17, 15) is 0 Å². The fraction of sp³-hybridized carbons (Fsp3) is 0.278. The van der Waals surface area contributed by atoms with Crippen molar-refractivity contribution in [3.05, 3.63) is 60.2 Å². The first kappa shape index (κ1) is 18.4. The zero-order valence-corrected chi connectivity index (χ0v) is 15.7. The summed E-state index contributed by atoms with van der Waals surface area (Å²) < 4.78 is 11.5. The number of aliphatic imine (C=N–C) groups is 1. The van der Waals surface area contributed by atoms with Gasteiger partial charge in [0.1, 0.15) is 6.61 Å². The van der Waals surface area contributed by atoms with Crippen LogP contribution in [0.4, 0.5) is 0 Å². The molecule has 0 saturated carbocycles. The predicted octanol–water partition coefficient (Wildman–Crippen LogP) is 2.59. The zero-order valence-electron chi connectivity index (χ0n) is 13.4. The van der Waals surface area contributed by atoms with E-state index in [1.807, 2.05) is 42.5 Å². The van der Waals surface area contributed by atoms with E-state index < -0.39 is 0 Å². The van der Waals surface area contributed by atoms with E-state index in [-0.39, 0.29) is 30.1 Å². The monoisotopic (exact) mass is 439 g/mol. The first-order valence-corrected chi connectivity index (χ1v) is 7.77. The van der Waals surface area contributed by atoms with Gasteiger partial charge in [0.25, 0.3) is 0 Å². The fourth-order valence-corrected chi connectivity index (χ4v) is 2.39. The molecule has 0 spiro atoms. The van der Waals surface area contributed by atoms with Gasteiger partial charge in [-0.2, -0.15) is 0 Å². The first-order chi connectivity index (χ1) is 11.3. The van der Waals surface area contributed by atoms with Gasteiger partial charge >= 0.3 is 0 Å². The number of nitrogens with one attached hydrogen (secondary N) is 1. The summed E-state index contributed by atoms with van der Waals surface area (Å²) in [6.45, 7) is 1.71. The Balaban J connectivity index is 0.00000208. The molecule has 5 nitrogen and oxygen atoms in total. The van der Waals surface area contributed by atoms with Crippen LogP contribution < -0.4 is 20.5 Å². The maximum absolute atomic E-state index is 5.89. The molecule has 1 aliphatic heterocycles. The van der Waals surface area contributed by atoms with Crippen LogP contribution in [0, 0.1) is 0 Å². The van der Waals surface area contributed by atoms with E-state index in [0.717, 1.165) is 24.5 Å². The summed E-state index contributed by atoms with van der Waals surface area (Å²) in [5.41, 5.74) is 7.16. The summed E-state index contributed by atoms with van der Waals surface area (Å²) in [6.07, 6.45) is 0.799. The maximum Gasteiger partial charge on any atom is 0.188 e. The predicted molar refractivity (Wildman–Crippen MR) is 106 cm³/mol. The number of nitrogens with zero attached hydrogens (tertiary/aromatic N) is 1. The largest absolute Gasteiger partial charge is 0.486 e. The van der Waals surface area contributed by atoms with Crippen molar-refractivity contribution in [2.45, 2.75) is 12.5 Å². The van der Waals surface area contributed by atoms with Crippen molar-refractivity contribution in [1.82, 2.24) is 5.32 Å². The van der Waals surface area contributed by atoms with Crippen molar-refractivity contribution in [2.24, 2.45) is 10.7 Å². The molecule has 2 aromatic carbocycles. The Bertz CT molecular complexity index is 664. The molecule has 1 heterocycles. The number of benzene rings is 2. The lowest BCUT2D eigenvalue weighted by Crippen LogP contribution is -2.36. The molecular formula is C18H22IN3O2. The third-order valence-electron chi connectivity index (χ3n) is 3.60. The van der Waals surface area contributed by atoms with Gasteiger partial charge in [-0.25, -0.2) is 4.99 Å². The Kier molecular flexibility index (Phi) is 7.17. The zero-order chi connectivity index (χ0) is 15.9. The Morgan fingerprint density at radius 2 is 1.79 bits per heavy atom. The molecule has 6 heteroatoms. The van der Waals surface area contributed by atoms with Gasteiger partial charge in [-0.05, 0) is 24.1 Å². The summed E-state index contributed by atoms with van der Waals surface area (Å²) in [7, 11) is 0. The van der Waals surface area contributed by atoms with Crippen LogP contribution in [0.5, 0.6) is 11.5 Å². The van der Waals surface area contributed by atoms with Gasteiger partial charge in [0.05, 0.1) is 6.54 Å². The second-order valence-electron chi connectivity index (χ2n) is 5.39. The molecule has 2 aromatic rings. The Hall–Kier alpha value is -1.96. The van der Waals surface area contributed by atoms with Gasteiger partial charge in [0.2, 0.25) is 0 Å². The lowest BCUT2D eigenvalue weighted by molar-refractivity contribution is 0.0972. The summed E-state index contributed by atoms with van der Waals surface area (Å²) in [5, 5.41) is 3.12. The molecule has 0 aliphatic carbocycles. The topological polar surface area (TPSA) is 68.9 Å². The highest BCUT2D eigenvalue weighted by molar-refractivity contribution is 14.0. The minimum atomic E-state index is -0.112. The van der Waals surface area contributed by atoms with Crippen molar-refractivity contribution >= 4 is 29.9 Å². The van der Waals surface area contributed by atoms with Crippen LogP contribution in [0.25, 0.3) is 0 Å². The molecule has 3 N–H and O–H groups in total. The molecular weight excluding hydrogens is 417 g/mol. The van der Waals surface area contributed by atoms with Gasteiger partial charge in [-0.15, -0.1) is 24.0 Å². The van der Waals surface area contributed by atoms with E-state index in [4.69, 9.17) is 15.2 Å². The van der Waals surface area contributed by atoms with Gasteiger partial charge in [-0.3, -0.25) is 0 Å². The van der Waals surface area contributed by atoms with Gasteiger partial charge in [0, 0.05) is 6.54 Å². The van der Waals surface area contributed by atoms with Crippen molar-refractivity contribution in [3.8, 4) is 11.5 Å². The van der Waals surface area contributed by atoms with Crippen LogP contribution in [-0.2, 0) is 6.42 Å². The van der Waals surface area contributed by atoms with Crippen molar-refractivity contribution in [2.75, 3.05) is 19.7 Å². The van der Waals surface area contributed by atoms with E-state index in [1.165, 1.54) is 5.56 Å². The average Bonchev–Trinajstić information content (AvgIpc) is 2.61. The molecule has 3 rings (SSSR count). The number of hydrogen-bond acceptors (Lipinski definition) is 3. The van der Waals surface area contributed by atoms with E-state index >= 15 is 0 Å². The number of guanidine groups is 1. The minimum Gasteiger partial charge on any atom is -0.486 e. The van der Waals surface area contributed by atoms with E-state index in [0.29, 0.717) is 19.1 Å². The lowest BCUT2D eigenvalue weighted by Gasteiger charge is -2.25. The molecule has 1 unspecified atom stereocenters. The molecule has 0 bridgehead atoms. The summed E-state index contributed by atoms with van der Waals surface area (Å²) in [5.74, 6) is 1.97. The lowest BCUT2D eigenvalue weighted by atomic mass is 10.1. The second-order valence-corrected chi connectivity index (χ2v) is 5.39. The SMILES string of the molecule is I.NC(=NCC1COc2ccccc2O1)NCCc1ccccc1. The molecule has 1 atom stereocenters. The Labute approximate surface area is 159 Å². The van der Waals surface area contributed by atoms with Crippen LogP contribution >= 0.6 is 24.0 Å². The highest BCUT2D eigenvalue weighted by atomic mass is 127. The van der Waals surface area contributed by atoms with Crippen LogP contribution in [-0.4, -0.2) is 31.8 Å². The normalized spacial score (nSPS) is 16.2. The molecule has 0 amide bonds. The molecule has 24 heavy (non-hydrogen) atoms. The fourth-order valence-electron chi connectivity index (χ4n) is 2.39. The molecule has 0 radical (unpaired) electrons. The second kappa shape index (κ2) is 9.36. The molecule has 128 valence electrons. The number of hydrogen-bond donors (Lipinski definition) is 2. The third kappa shape index (κ3) is 5.30. The minimum absolute atomic E-state index is 0. The quantitative estimate of drug-likeness (QED) is 0.427. The number of nitrogens with two attached hydrogens (primary N) is 1. The molecule has 1 aliphatic rings. The summed E-state index contributed by atoms with van der Waals surface area (Å²) in [6, 6.07) is 17.9.